The minimum atomic E-state index is 0.408. The third kappa shape index (κ3) is 2.46. The van der Waals surface area contributed by atoms with E-state index in [1.54, 1.807) is 0 Å². The molecule has 0 amide bonds. The molecule has 0 spiro atoms. The summed E-state index contributed by atoms with van der Waals surface area (Å²) in [5, 5.41) is 12.6. The van der Waals surface area contributed by atoms with Crippen LogP contribution in [0.4, 0.5) is 0 Å². The van der Waals surface area contributed by atoms with Crippen LogP contribution in [0.5, 0.6) is 5.75 Å². The summed E-state index contributed by atoms with van der Waals surface area (Å²) in [7, 11) is 1.93. The summed E-state index contributed by atoms with van der Waals surface area (Å²) in [5.41, 5.74) is 3.33. The zero-order valence-electron chi connectivity index (χ0n) is 8.52. The second-order valence-corrected chi connectivity index (χ2v) is 3.41. The van der Waals surface area contributed by atoms with Crippen LogP contribution in [0.1, 0.15) is 16.7 Å². The van der Waals surface area contributed by atoms with E-state index in [1.165, 1.54) is 5.56 Å². The maximum Gasteiger partial charge on any atom is 0.119 e. The first-order valence-electron chi connectivity index (χ1n) is 4.59. The first kappa shape index (κ1) is 10.1. The minimum absolute atomic E-state index is 0.408. The molecule has 13 heavy (non-hydrogen) atoms. The molecular weight excluding hydrogens is 162 g/mol. The van der Waals surface area contributed by atoms with Crippen molar-refractivity contribution >= 4 is 0 Å². The molecule has 2 N–H and O–H groups in total. The Morgan fingerprint density at radius 1 is 1.31 bits per heavy atom. The average molecular weight is 179 g/mol. The van der Waals surface area contributed by atoms with Crippen LogP contribution >= 0.6 is 0 Å². The van der Waals surface area contributed by atoms with Crippen LogP contribution in [0.2, 0.25) is 0 Å². The molecule has 0 aliphatic rings. The van der Waals surface area contributed by atoms with E-state index < -0.39 is 0 Å². The van der Waals surface area contributed by atoms with Crippen LogP contribution in [0.3, 0.4) is 0 Å². The Morgan fingerprint density at radius 2 is 2.00 bits per heavy atom. The van der Waals surface area contributed by atoms with E-state index in [0.29, 0.717) is 5.75 Å². The van der Waals surface area contributed by atoms with Crippen LogP contribution in [0.15, 0.2) is 12.1 Å². The van der Waals surface area contributed by atoms with Gasteiger partial charge in [-0.2, -0.15) is 0 Å². The largest absolute Gasteiger partial charge is 0.508 e. The first-order valence-corrected chi connectivity index (χ1v) is 4.59. The summed E-state index contributed by atoms with van der Waals surface area (Å²) < 4.78 is 0. The number of aryl methyl sites for hydroxylation is 1. The summed E-state index contributed by atoms with van der Waals surface area (Å²) in [6, 6.07) is 3.98. The molecule has 1 aromatic carbocycles. The lowest BCUT2D eigenvalue weighted by Gasteiger charge is -2.07. The van der Waals surface area contributed by atoms with Gasteiger partial charge in [0.15, 0.2) is 0 Å². The fourth-order valence-electron chi connectivity index (χ4n) is 1.33. The molecule has 1 aromatic rings. The fraction of sp³-hybridized carbons (Fsp3) is 0.455. The van der Waals surface area contributed by atoms with E-state index in [-0.39, 0.29) is 0 Å². The van der Waals surface area contributed by atoms with E-state index in [0.717, 1.165) is 24.1 Å². The number of hydrogen-bond acceptors (Lipinski definition) is 2. The Balaban J connectivity index is 2.86. The number of nitrogens with one attached hydrogen (secondary N) is 1. The highest BCUT2D eigenvalue weighted by Gasteiger charge is 2.02. The Hall–Kier alpha value is -1.02. The molecule has 0 saturated carbocycles. The third-order valence-corrected chi connectivity index (χ3v) is 2.36. The van der Waals surface area contributed by atoms with Crippen molar-refractivity contribution in [3.05, 3.63) is 28.8 Å². The molecular formula is C11H17NO. The number of phenolic OH excluding ortho intramolecular Hbond substituents is 1. The van der Waals surface area contributed by atoms with E-state index in [1.807, 2.05) is 27.0 Å². The SMILES string of the molecule is CNCCc1cc(C)c(C)c(O)c1. The van der Waals surface area contributed by atoms with E-state index >= 15 is 0 Å². The predicted octanol–water partition coefficient (Wildman–Crippen LogP) is 1.77. The fourth-order valence-corrected chi connectivity index (χ4v) is 1.33. The van der Waals surface area contributed by atoms with Gasteiger partial charge in [0.2, 0.25) is 0 Å². The van der Waals surface area contributed by atoms with Crippen molar-refractivity contribution in [2.24, 2.45) is 0 Å². The molecule has 0 aromatic heterocycles. The van der Waals surface area contributed by atoms with E-state index in [9.17, 15) is 5.11 Å². The van der Waals surface area contributed by atoms with E-state index in [4.69, 9.17) is 0 Å². The quantitative estimate of drug-likeness (QED) is 0.741. The molecule has 0 fully saturated rings. The van der Waals surface area contributed by atoms with Gasteiger partial charge in [0, 0.05) is 0 Å². The number of rotatable bonds is 3. The predicted molar refractivity (Wildman–Crippen MR) is 55.2 cm³/mol. The topological polar surface area (TPSA) is 32.3 Å². The molecule has 0 aliphatic carbocycles. The lowest BCUT2D eigenvalue weighted by molar-refractivity contribution is 0.469. The Bertz CT molecular complexity index is 271. The Labute approximate surface area is 79.6 Å². The zero-order valence-corrected chi connectivity index (χ0v) is 8.52. The van der Waals surface area contributed by atoms with Crippen molar-refractivity contribution in [1.29, 1.82) is 0 Å². The molecule has 2 heteroatoms. The molecule has 0 bridgehead atoms. The van der Waals surface area contributed by atoms with Gasteiger partial charge in [0.05, 0.1) is 0 Å². The molecule has 0 radical (unpaired) electrons. The van der Waals surface area contributed by atoms with Gasteiger partial charge in [0.1, 0.15) is 5.75 Å². The highest BCUT2D eigenvalue weighted by molar-refractivity contribution is 5.41. The number of phenols is 1. The highest BCUT2D eigenvalue weighted by Crippen LogP contribution is 2.21. The smallest absolute Gasteiger partial charge is 0.119 e. The van der Waals surface area contributed by atoms with Gasteiger partial charge in [-0.1, -0.05) is 6.07 Å². The number of likely N-dealkylation sites (N-methyl/N-ethyl adjacent to an activating group) is 1. The summed E-state index contributed by atoms with van der Waals surface area (Å²) in [4.78, 5) is 0. The number of benzene rings is 1. The normalized spacial score (nSPS) is 10.4. The van der Waals surface area contributed by atoms with Gasteiger partial charge in [-0.25, -0.2) is 0 Å². The molecule has 72 valence electrons. The summed E-state index contributed by atoms with van der Waals surface area (Å²) >= 11 is 0. The lowest BCUT2D eigenvalue weighted by atomic mass is 10.0. The second kappa shape index (κ2) is 4.28. The van der Waals surface area contributed by atoms with Crippen molar-refractivity contribution < 1.29 is 5.11 Å². The molecule has 0 aliphatic heterocycles. The van der Waals surface area contributed by atoms with Crippen LogP contribution in [0, 0.1) is 13.8 Å². The Morgan fingerprint density at radius 3 is 2.54 bits per heavy atom. The third-order valence-electron chi connectivity index (χ3n) is 2.36. The maximum absolute atomic E-state index is 9.56. The minimum Gasteiger partial charge on any atom is -0.508 e. The van der Waals surface area contributed by atoms with Crippen LogP contribution in [-0.2, 0) is 6.42 Å². The summed E-state index contributed by atoms with van der Waals surface area (Å²) in [6.45, 7) is 4.91. The van der Waals surface area contributed by atoms with Crippen LogP contribution in [0.25, 0.3) is 0 Å². The number of aromatic hydroxyl groups is 1. The van der Waals surface area contributed by atoms with Gasteiger partial charge >= 0.3 is 0 Å². The molecule has 2 nitrogen and oxygen atoms in total. The molecule has 1 rings (SSSR count). The van der Waals surface area contributed by atoms with E-state index in [2.05, 4.69) is 11.4 Å². The summed E-state index contributed by atoms with van der Waals surface area (Å²) in [5.74, 6) is 0.408. The first-order chi connectivity index (χ1) is 6.15. The molecule has 0 atom stereocenters. The second-order valence-electron chi connectivity index (χ2n) is 3.41. The monoisotopic (exact) mass is 179 g/mol. The van der Waals surface area contributed by atoms with Crippen molar-refractivity contribution in [3.63, 3.8) is 0 Å². The van der Waals surface area contributed by atoms with Crippen molar-refractivity contribution in [1.82, 2.24) is 5.32 Å². The van der Waals surface area contributed by atoms with Crippen LogP contribution in [-0.4, -0.2) is 18.7 Å². The van der Waals surface area contributed by atoms with Gasteiger partial charge in [-0.05, 0) is 56.6 Å². The average Bonchev–Trinajstić information content (AvgIpc) is 2.10. The summed E-state index contributed by atoms with van der Waals surface area (Å²) in [6.07, 6.45) is 0.963. The van der Waals surface area contributed by atoms with Gasteiger partial charge < -0.3 is 10.4 Å². The highest BCUT2D eigenvalue weighted by atomic mass is 16.3. The molecule has 0 heterocycles. The lowest BCUT2D eigenvalue weighted by Crippen LogP contribution is -2.10. The number of hydrogen-bond donors (Lipinski definition) is 2. The molecule has 0 saturated heterocycles. The van der Waals surface area contributed by atoms with Gasteiger partial charge in [-0.3, -0.25) is 0 Å². The van der Waals surface area contributed by atoms with Crippen molar-refractivity contribution in [2.45, 2.75) is 20.3 Å². The Kier molecular flexibility index (Phi) is 3.32. The van der Waals surface area contributed by atoms with Crippen molar-refractivity contribution in [2.75, 3.05) is 13.6 Å². The van der Waals surface area contributed by atoms with Crippen LogP contribution < -0.4 is 5.32 Å². The molecule has 0 unspecified atom stereocenters. The standard InChI is InChI=1S/C11H17NO/c1-8-6-10(4-5-12-3)7-11(13)9(8)2/h6-7,12-13H,4-5H2,1-3H3. The van der Waals surface area contributed by atoms with Gasteiger partial charge in [0.25, 0.3) is 0 Å². The maximum atomic E-state index is 9.56. The zero-order chi connectivity index (χ0) is 9.84. The van der Waals surface area contributed by atoms with Crippen molar-refractivity contribution in [3.8, 4) is 5.75 Å². The van der Waals surface area contributed by atoms with Gasteiger partial charge in [-0.15, -0.1) is 0 Å².